The van der Waals surface area contributed by atoms with Gasteiger partial charge in [0, 0.05) is 5.02 Å². The predicted molar refractivity (Wildman–Crippen MR) is 110 cm³/mol. The fourth-order valence-electron chi connectivity index (χ4n) is 2.57. The van der Waals surface area contributed by atoms with Crippen LogP contribution in [0.4, 0.5) is 5.69 Å². The second-order valence-electron chi connectivity index (χ2n) is 6.05. The van der Waals surface area contributed by atoms with Gasteiger partial charge in [-0.25, -0.2) is 9.67 Å². The Morgan fingerprint density at radius 1 is 1.21 bits per heavy atom. The number of thioether (sulfide) groups is 1. The lowest BCUT2D eigenvalue weighted by Crippen LogP contribution is -2.16. The fraction of sp³-hybridized carbons (Fsp3) is 0.111. The standard InChI is InChI=1S/C18H15ClN8OS/c1-12-2-5-14(6-3-12)27-18(23-24-25-27)29-9-17(28)22-15-8-13(19)4-7-16(15)26-11-20-10-21-26/h2-8,10-11H,9H2,1H3,(H,22,28). The molecule has 0 aliphatic heterocycles. The molecule has 0 aliphatic rings. The van der Waals surface area contributed by atoms with E-state index in [1.54, 1.807) is 33.9 Å². The molecule has 146 valence electrons. The minimum Gasteiger partial charge on any atom is -0.323 e. The van der Waals surface area contributed by atoms with E-state index < -0.39 is 0 Å². The van der Waals surface area contributed by atoms with E-state index in [9.17, 15) is 4.79 Å². The molecule has 1 amide bonds. The van der Waals surface area contributed by atoms with E-state index in [1.807, 2.05) is 31.2 Å². The predicted octanol–water partition coefficient (Wildman–Crippen LogP) is 2.94. The van der Waals surface area contributed by atoms with Crippen molar-refractivity contribution < 1.29 is 4.79 Å². The molecular formula is C18H15ClN8OS. The molecule has 4 rings (SSSR count). The van der Waals surface area contributed by atoms with Crippen LogP contribution < -0.4 is 5.32 Å². The van der Waals surface area contributed by atoms with E-state index >= 15 is 0 Å². The molecular weight excluding hydrogens is 412 g/mol. The summed E-state index contributed by atoms with van der Waals surface area (Å²) in [5, 5.41) is 19.7. The summed E-state index contributed by atoms with van der Waals surface area (Å²) in [5.74, 6) is -0.104. The number of amides is 1. The average Bonchev–Trinajstić information content (AvgIpc) is 3.39. The van der Waals surface area contributed by atoms with Crippen LogP contribution in [0.5, 0.6) is 0 Å². The number of anilines is 1. The van der Waals surface area contributed by atoms with Gasteiger partial charge in [0.05, 0.1) is 22.8 Å². The lowest BCUT2D eigenvalue weighted by Gasteiger charge is -2.11. The Morgan fingerprint density at radius 2 is 2.03 bits per heavy atom. The Bertz CT molecular complexity index is 1130. The van der Waals surface area contributed by atoms with Crippen LogP contribution in [-0.4, -0.2) is 46.6 Å². The monoisotopic (exact) mass is 426 g/mol. The van der Waals surface area contributed by atoms with Crippen molar-refractivity contribution in [3.63, 3.8) is 0 Å². The molecule has 29 heavy (non-hydrogen) atoms. The first kappa shape index (κ1) is 19.1. The summed E-state index contributed by atoms with van der Waals surface area (Å²) < 4.78 is 3.15. The number of hydrogen-bond acceptors (Lipinski definition) is 7. The first-order valence-corrected chi connectivity index (χ1v) is 9.89. The van der Waals surface area contributed by atoms with E-state index in [4.69, 9.17) is 11.6 Å². The van der Waals surface area contributed by atoms with Gasteiger partial charge < -0.3 is 5.32 Å². The van der Waals surface area contributed by atoms with Crippen molar-refractivity contribution in [3.8, 4) is 11.4 Å². The second-order valence-corrected chi connectivity index (χ2v) is 7.43. The van der Waals surface area contributed by atoms with Gasteiger partial charge >= 0.3 is 0 Å². The van der Waals surface area contributed by atoms with Gasteiger partial charge in [0.2, 0.25) is 11.1 Å². The molecule has 0 spiro atoms. The first-order valence-electron chi connectivity index (χ1n) is 8.53. The smallest absolute Gasteiger partial charge is 0.234 e. The number of aryl methyl sites for hydroxylation is 1. The number of aromatic nitrogens is 7. The quantitative estimate of drug-likeness (QED) is 0.472. The van der Waals surface area contributed by atoms with Gasteiger partial charge in [-0.1, -0.05) is 41.1 Å². The van der Waals surface area contributed by atoms with E-state index in [0.29, 0.717) is 21.6 Å². The SMILES string of the molecule is Cc1ccc(-n2nnnc2SCC(=O)Nc2cc(Cl)ccc2-n2cncn2)cc1. The molecule has 2 aromatic carbocycles. The van der Waals surface area contributed by atoms with Crippen molar-refractivity contribution in [2.75, 3.05) is 11.1 Å². The van der Waals surface area contributed by atoms with Gasteiger partial charge in [-0.15, -0.1) is 5.10 Å². The van der Waals surface area contributed by atoms with Crippen LogP contribution in [0.15, 0.2) is 60.3 Å². The second kappa shape index (κ2) is 8.41. The third-order valence-corrected chi connectivity index (χ3v) is 5.10. The zero-order valence-corrected chi connectivity index (χ0v) is 16.8. The third-order valence-electron chi connectivity index (χ3n) is 3.95. The maximum absolute atomic E-state index is 12.5. The number of tetrazole rings is 1. The first-order chi connectivity index (χ1) is 14.1. The van der Waals surface area contributed by atoms with Gasteiger partial charge in [0.1, 0.15) is 12.7 Å². The molecule has 0 fully saturated rings. The minimum atomic E-state index is -0.225. The summed E-state index contributed by atoms with van der Waals surface area (Å²) in [6.07, 6.45) is 2.96. The molecule has 0 saturated carbocycles. The summed E-state index contributed by atoms with van der Waals surface area (Å²) in [5.41, 5.74) is 3.16. The van der Waals surface area contributed by atoms with Crippen molar-refractivity contribution >= 4 is 35.0 Å². The van der Waals surface area contributed by atoms with Crippen molar-refractivity contribution in [2.45, 2.75) is 12.1 Å². The van der Waals surface area contributed by atoms with E-state index in [0.717, 1.165) is 11.3 Å². The highest BCUT2D eigenvalue weighted by Crippen LogP contribution is 2.25. The molecule has 4 aromatic rings. The van der Waals surface area contributed by atoms with E-state index in [1.165, 1.54) is 18.1 Å². The molecule has 0 unspecified atom stereocenters. The number of nitrogens with one attached hydrogen (secondary N) is 1. The molecule has 11 heteroatoms. The number of rotatable bonds is 6. The van der Waals surface area contributed by atoms with Gasteiger partial charge in [-0.05, 0) is 47.7 Å². The molecule has 0 aliphatic carbocycles. The van der Waals surface area contributed by atoms with Crippen LogP contribution in [-0.2, 0) is 4.79 Å². The molecule has 2 aromatic heterocycles. The number of carbonyl (C=O) groups excluding carboxylic acids is 1. The fourth-order valence-corrected chi connectivity index (χ4v) is 3.44. The van der Waals surface area contributed by atoms with Crippen LogP contribution in [0, 0.1) is 6.92 Å². The summed E-state index contributed by atoms with van der Waals surface area (Å²) in [6.45, 7) is 2.01. The van der Waals surface area contributed by atoms with Gasteiger partial charge in [-0.2, -0.15) is 9.78 Å². The summed E-state index contributed by atoms with van der Waals surface area (Å²) >= 11 is 7.32. The van der Waals surface area contributed by atoms with E-state index in [2.05, 4.69) is 30.9 Å². The Hall–Kier alpha value is -3.24. The summed E-state index contributed by atoms with van der Waals surface area (Å²) in [4.78, 5) is 16.5. The molecule has 0 saturated heterocycles. The van der Waals surface area contributed by atoms with Gasteiger partial charge in [0.25, 0.3) is 0 Å². The molecule has 9 nitrogen and oxygen atoms in total. The maximum Gasteiger partial charge on any atom is 0.234 e. The maximum atomic E-state index is 12.5. The normalized spacial score (nSPS) is 10.8. The average molecular weight is 427 g/mol. The largest absolute Gasteiger partial charge is 0.323 e. The molecule has 1 N–H and O–H groups in total. The highest BCUT2D eigenvalue weighted by molar-refractivity contribution is 7.99. The summed E-state index contributed by atoms with van der Waals surface area (Å²) in [7, 11) is 0. The Kier molecular flexibility index (Phi) is 5.54. The number of benzene rings is 2. The van der Waals surface area contributed by atoms with Crippen LogP contribution in [0.25, 0.3) is 11.4 Å². The van der Waals surface area contributed by atoms with Gasteiger partial charge in [0.15, 0.2) is 0 Å². The van der Waals surface area contributed by atoms with Crippen molar-refractivity contribution in [1.29, 1.82) is 0 Å². The van der Waals surface area contributed by atoms with Gasteiger partial charge in [-0.3, -0.25) is 4.79 Å². The molecule has 0 radical (unpaired) electrons. The minimum absolute atomic E-state index is 0.121. The number of carbonyl (C=O) groups is 1. The Balaban J connectivity index is 1.47. The zero-order valence-electron chi connectivity index (χ0n) is 15.2. The van der Waals surface area contributed by atoms with Crippen LogP contribution in [0.3, 0.4) is 0 Å². The zero-order chi connectivity index (χ0) is 20.2. The lowest BCUT2D eigenvalue weighted by atomic mass is 10.2. The van der Waals surface area contributed by atoms with Crippen LogP contribution >= 0.6 is 23.4 Å². The molecule has 0 atom stereocenters. The highest BCUT2D eigenvalue weighted by atomic mass is 35.5. The van der Waals surface area contributed by atoms with Crippen molar-refractivity contribution in [2.24, 2.45) is 0 Å². The van der Waals surface area contributed by atoms with Crippen molar-refractivity contribution in [3.05, 3.63) is 65.7 Å². The molecule has 0 bridgehead atoms. The highest BCUT2D eigenvalue weighted by Gasteiger charge is 2.14. The Morgan fingerprint density at radius 3 is 2.79 bits per heavy atom. The van der Waals surface area contributed by atoms with Crippen molar-refractivity contribution in [1.82, 2.24) is 35.0 Å². The summed E-state index contributed by atoms with van der Waals surface area (Å²) in [6, 6.07) is 12.9. The number of halogens is 1. The number of nitrogens with zero attached hydrogens (tertiary/aromatic N) is 7. The molecule has 2 heterocycles. The van der Waals surface area contributed by atoms with E-state index in [-0.39, 0.29) is 11.7 Å². The van der Waals surface area contributed by atoms with Crippen LogP contribution in [0.1, 0.15) is 5.56 Å². The number of hydrogen-bond donors (Lipinski definition) is 1. The van der Waals surface area contributed by atoms with Crippen LogP contribution in [0.2, 0.25) is 5.02 Å². The third kappa shape index (κ3) is 4.44. The Labute approximate surface area is 175 Å². The topological polar surface area (TPSA) is 103 Å². The lowest BCUT2D eigenvalue weighted by molar-refractivity contribution is -0.113.